The highest BCUT2D eigenvalue weighted by molar-refractivity contribution is 6.15. The molecule has 0 spiro atoms. The Hall–Kier alpha value is -1.50. The van der Waals surface area contributed by atoms with Gasteiger partial charge in [-0.1, -0.05) is 0 Å². The van der Waals surface area contributed by atoms with Gasteiger partial charge >= 0.3 is 17.3 Å². The van der Waals surface area contributed by atoms with Crippen LogP contribution in [0.2, 0.25) is 0 Å². The van der Waals surface area contributed by atoms with Gasteiger partial charge in [0.05, 0.1) is 7.11 Å². The first-order chi connectivity index (χ1) is 8.11. The number of aromatic nitrogens is 3. The van der Waals surface area contributed by atoms with Crippen LogP contribution in [0.4, 0.5) is 0 Å². The van der Waals surface area contributed by atoms with Gasteiger partial charge in [-0.2, -0.15) is 0 Å². The third-order valence-electron chi connectivity index (χ3n) is 2.87. The second kappa shape index (κ2) is 4.40. The van der Waals surface area contributed by atoms with Crippen molar-refractivity contribution in [2.75, 3.05) is 7.11 Å². The fraction of sp³-hybridized carbons (Fsp3) is 0.667. The van der Waals surface area contributed by atoms with Crippen LogP contribution in [-0.4, -0.2) is 27.0 Å². The zero-order valence-corrected chi connectivity index (χ0v) is 10.0. The number of rotatable bonds is 2. The summed E-state index contributed by atoms with van der Waals surface area (Å²) >= 11 is 5.54. The molecule has 8 heteroatoms. The largest absolute Gasteiger partial charge is 0.467 e. The average molecular weight is 262 g/mol. The number of halogens is 1. The number of hydrogen-bond acceptors (Lipinski definition) is 4. The summed E-state index contributed by atoms with van der Waals surface area (Å²) in [6.45, 7) is 0.408. The maximum Gasteiger partial charge on any atom is 0.349 e. The highest BCUT2D eigenvalue weighted by Crippen LogP contribution is 2.18. The molecule has 0 radical (unpaired) electrons. The fourth-order valence-electron chi connectivity index (χ4n) is 2.06. The van der Waals surface area contributed by atoms with Gasteiger partial charge < -0.3 is 4.74 Å². The Morgan fingerprint density at radius 1 is 1.47 bits per heavy atom. The Bertz CT molecular complexity index is 556. The lowest BCUT2D eigenvalue weighted by Crippen LogP contribution is -2.38. The molecule has 0 saturated carbocycles. The van der Waals surface area contributed by atoms with Gasteiger partial charge in [0.15, 0.2) is 6.04 Å². The summed E-state index contributed by atoms with van der Waals surface area (Å²) in [6.07, 6.45) is 1.13. The number of esters is 1. The molecule has 2 heterocycles. The lowest BCUT2D eigenvalue weighted by molar-refractivity contribution is -0.146. The van der Waals surface area contributed by atoms with Crippen LogP contribution in [0.25, 0.3) is 0 Å². The minimum Gasteiger partial charge on any atom is -0.467 e. The minimum atomic E-state index is -0.738. The molecular formula is C9H12ClN3O4. The summed E-state index contributed by atoms with van der Waals surface area (Å²) in [5, 5.41) is 0. The number of fused-ring (bicyclic) bond motifs is 1. The van der Waals surface area contributed by atoms with Crippen LogP contribution in [0, 0.1) is 0 Å². The van der Waals surface area contributed by atoms with Crippen LogP contribution >= 0.6 is 11.6 Å². The number of nitrogens with zero attached hydrogens (tertiary/aromatic N) is 3. The highest BCUT2D eigenvalue weighted by Gasteiger charge is 2.31. The van der Waals surface area contributed by atoms with Gasteiger partial charge in [-0.05, 0) is 12.8 Å². The normalized spacial score (nSPS) is 18.8. The third kappa shape index (κ3) is 1.70. The number of carbonyl (C=O) groups excluding carboxylic acids is 1. The van der Waals surface area contributed by atoms with Crippen molar-refractivity contribution in [1.29, 1.82) is 0 Å². The van der Waals surface area contributed by atoms with Crippen LogP contribution in [0.3, 0.4) is 0 Å². The van der Waals surface area contributed by atoms with E-state index >= 15 is 0 Å². The molecule has 94 valence electrons. The van der Waals surface area contributed by atoms with E-state index in [1.54, 1.807) is 0 Å². The standard InChI is InChI=1S/C9H12ClN3O4/c1-17-7(14)6-3-2-4-12-8(15)11(5-10)9(16)13(6)12/h6H,2-5H2,1H3. The van der Waals surface area contributed by atoms with Crippen molar-refractivity contribution < 1.29 is 9.53 Å². The maximum absolute atomic E-state index is 11.9. The Morgan fingerprint density at radius 3 is 2.76 bits per heavy atom. The molecule has 1 aromatic heterocycles. The first-order valence-electron chi connectivity index (χ1n) is 5.17. The van der Waals surface area contributed by atoms with E-state index in [-0.39, 0.29) is 6.00 Å². The Labute approximate surface area is 101 Å². The molecule has 1 unspecified atom stereocenters. The van der Waals surface area contributed by atoms with Gasteiger partial charge in [0.25, 0.3) is 0 Å². The quantitative estimate of drug-likeness (QED) is 0.532. The van der Waals surface area contributed by atoms with E-state index in [9.17, 15) is 14.4 Å². The van der Waals surface area contributed by atoms with Crippen LogP contribution in [-0.2, 0) is 22.1 Å². The summed E-state index contributed by atoms with van der Waals surface area (Å²) in [6, 6.07) is -0.961. The molecule has 0 saturated heterocycles. The molecular weight excluding hydrogens is 250 g/mol. The monoisotopic (exact) mass is 261 g/mol. The van der Waals surface area contributed by atoms with Crippen molar-refractivity contribution in [3.05, 3.63) is 21.0 Å². The van der Waals surface area contributed by atoms with E-state index in [4.69, 9.17) is 11.6 Å². The van der Waals surface area contributed by atoms with E-state index in [0.29, 0.717) is 19.4 Å². The molecule has 0 aliphatic carbocycles. The van der Waals surface area contributed by atoms with E-state index in [0.717, 1.165) is 9.25 Å². The average Bonchev–Trinajstić information content (AvgIpc) is 2.60. The van der Waals surface area contributed by atoms with Crippen LogP contribution < -0.4 is 11.4 Å². The smallest absolute Gasteiger partial charge is 0.349 e. The van der Waals surface area contributed by atoms with Gasteiger partial charge in [-0.3, -0.25) is 0 Å². The van der Waals surface area contributed by atoms with E-state index < -0.39 is 23.4 Å². The van der Waals surface area contributed by atoms with Crippen molar-refractivity contribution in [3.8, 4) is 0 Å². The molecule has 0 aromatic carbocycles. The van der Waals surface area contributed by atoms with Crippen molar-refractivity contribution >= 4 is 17.6 Å². The van der Waals surface area contributed by atoms with Gasteiger partial charge in [0, 0.05) is 6.54 Å². The minimum absolute atomic E-state index is 0.224. The molecule has 0 N–H and O–H groups in total. The van der Waals surface area contributed by atoms with Gasteiger partial charge in [-0.25, -0.2) is 28.3 Å². The van der Waals surface area contributed by atoms with E-state index in [1.807, 2.05) is 0 Å². The third-order valence-corrected chi connectivity index (χ3v) is 3.11. The summed E-state index contributed by atoms with van der Waals surface area (Å²) in [5.41, 5.74) is -1.06. The summed E-state index contributed by atoms with van der Waals surface area (Å²) in [4.78, 5) is 35.3. The second-order valence-corrected chi connectivity index (χ2v) is 4.00. The SMILES string of the molecule is COC(=O)C1CCCn2c(=O)n(CCl)c(=O)n21. The molecule has 17 heavy (non-hydrogen) atoms. The predicted octanol–water partition coefficient (Wildman–Crippen LogP) is -0.484. The van der Waals surface area contributed by atoms with Crippen molar-refractivity contribution in [1.82, 2.24) is 13.9 Å². The molecule has 1 aromatic rings. The lowest BCUT2D eigenvalue weighted by atomic mass is 10.1. The van der Waals surface area contributed by atoms with Crippen LogP contribution in [0.15, 0.2) is 9.59 Å². The summed E-state index contributed by atoms with van der Waals surface area (Å²) < 4.78 is 7.90. The van der Waals surface area contributed by atoms with Gasteiger partial charge in [-0.15, -0.1) is 11.6 Å². The zero-order chi connectivity index (χ0) is 12.6. The fourth-order valence-corrected chi connectivity index (χ4v) is 2.26. The van der Waals surface area contributed by atoms with Gasteiger partial charge in [0.1, 0.15) is 6.00 Å². The molecule has 1 aliphatic rings. The molecule has 7 nitrogen and oxygen atoms in total. The van der Waals surface area contributed by atoms with Gasteiger partial charge in [0.2, 0.25) is 0 Å². The van der Waals surface area contributed by atoms with Crippen molar-refractivity contribution in [3.63, 3.8) is 0 Å². The Kier molecular flexibility index (Phi) is 3.10. The zero-order valence-electron chi connectivity index (χ0n) is 9.26. The second-order valence-electron chi connectivity index (χ2n) is 3.76. The highest BCUT2D eigenvalue weighted by atomic mass is 35.5. The summed E-state index contributed by atoms with van der Waals surface area (Å²) in [5.74, 6) is -0.521. The molecule has 0 amide bonds. The van der Waals surface area contributed by atoms with E-state index in [1.165, 1.54) is 11.8 Å². The Balaban J connectivity index is 2.63. The first kappa shape index (κ1) is 12.0. The molecule has 0 bridgehead atoms. The van der Waals surface area contributed by atoms with Crippen molar-refractivity contribution in [2.24, 2.45) is 0 Å². The van der Waals surface area contributed by atoms with Crippen LogP contribution in [0.5, 0.6) is 0 Å². The van der Waals surface area contributed by atoms with Crippen LogP contribution in [0.1, 0.15) is 18.9 Å². The number of carbonyl (C=O) groups is 1. The lowest BCUT2D eigenvalue weighted by Gasteiger charge is -2.22. The topological polar surface area (TPSA) is 75.2 Å². The van der Waals surface area contributed by atoms with Crippen molar-refractivity contribution in [2.45, 2.75) is 31.4 Å². The molecule has 1 aliphatic heterocycles. The molecule has 1 atom stereocenters. The summed E-state index contributed by atoms with van der Waals surface area (Å²) in [7, 11) is 1.25. The number of hydrogen-bond donors (Lipinski definition) is 0. The number of methoxy groups -OCH3 is 1. The number of alkyl halides is 1. The molecule has 2 rings (SSSR count). The molecule has 0 fully saturated rings. The maximum atomic E-state index is 11.9. The number of ether oxygens (including phenoxy) is 1. The Morgan fingerprint density at radius 2 is 2.18 bits per heavy atom. The van der Waals surface area contributed by atoms with E-state index in [2.05, 4.69) is 4.74 Å². The predicted molar refractivity (Wildman–Crippen MR) is 59.1 cm³/mol. The first-order valence-corrected chi connectivity index (χ1v) is 5.71.